The van der Waals surface area contributed by atoms with Crippen LogP contribution in [0.3, 0.4) is 0 Å². The van der Waals surface area contributed by atoms with Gasteiger partial charge >= 0.3 is 0 Å². The van der Waals surface area contributed by atoms with Crippen molar-refractivity contribution in [2.45, 2.75) is 31.5 Å². The van der Waals surface area contributed by atoms with Crippen molar-refractivity contribution in [1.82, 2.24) is 0 Å². The van der Waals surface area contributed by atoms with Crippen molar-refractivity contribution >= 4 is 31.9 Å². The number of alkyl halides is 1. The van der Waals surface area contributed by atoms with Crippen molar-refractivity contribution in [2.75, 3.05) is 13.2 Å². The van der Waals surface area contributed by atoms with E-state index in [0.717, 1.165) is 26.1 Å². The molecule has 1 nitrogen and oxygen atoms in total. The number of ether oxygens (including phenoxy) is 1. The highest BCUT2D eigenvalue weighted by molar-refractivity contribution is 9.10. The summed E-state index contributed by atoms with van der Waals surface area (Å²) >= 11 is 7.48. The van der Waals surface area contributed by atoms with Gasteiger partial charge in [0, 0.05) is 22.5 Å². The van der Waals surface area contributed by atoms with Crippen molar-refractivity contribution in [1.29, 1.82) is 0 Å². The fraction of sp³-hybridized carbons (Fsp3) is 0.571. The molecule has 0 aromatic heterocycles. The average Bonchev–Trinajstić information content (AvgIpc) is 2.34. The molecule has 0 bridgehead atoms. The van der Waals surface area contributed by atoms with Gasteiger partial charge in [0.1, 0.15) is 0 Å². The van der Waals surface area contributed by atoms with E-state index in [4.69, 9.17) is 4.74 Å². The molecule has 94 valence electrons. The Labute approximate surface area is 120 Å². The van der Waals surface area contributed by atoms with Gasteiger partial charge in [-0.2, -0.15) is 0 Å². The third-order valence-electron chi connectivity index (χ3n) is 3.52. The summed E-state index contributed by atoms with van der Waals surface area (Å²) in [6.45, 7) is 6.15. The summed E-state index contributed by atoms with van der Waals surface area (Å²) in [7, 11) is 0. The molecule has 2 rings (SSSR count). The van der Waals surface area contributed by atoms with Crippen molar-refractivity contribution in [3.63, 3.8) is 0 Å². The largest absolute Gasteiger partial charge is 0.381 e. The van der Waals surface area contributed by atoms with Gasteiger partial charge in [0.2, 0.25) is 0 Å². The number of halogens is 2. The molecule has 0 amide bonds. The minimum atomic E-state index is 0.457. The molecule has 0 aliphatic carbocycles. The van der Waals surface area contributed by atoms with Gasteiger partial charge in [0.15, 0.2) is 0 Å². The molecule has 1 aliphatic rings. The van der Waals surface area contributed by atoms with Crippen LogP contribution in [0.25, 0.3) is 0 Å². The van der Waals surface area contributed by atoms with Crippen LogP contribution in [0.4, 0.5) is 0 Å². The lowest BCUT2D eigenvalue weighted by molar-refractivity contribution is 0.0661. The normalized spacial score (nSPS) is 19.3. The maximum absolute atomic E-state index is 5.43. The quantitative estimate of drug-likeness (QED) is 0.678. The number of aryl methyl sites for hydroxylation is 2. The molecule has 1 fully saturated rings. The Bertz CT molecular complexity index is 397. The van der Waals surface area contributed by atoms with Crippen LogP contribution < -0.4 is 0 Å². The Hall–Kier alpha value is 0.140. The Morgan fingerprint density at radius 2 is 1.82 bits per heavy atom. The first-order chi connectivity index (χ1) is 8.09. The molecule has 0 saturated carbocycles. The Morgan fingerprint density at radius 1 is 1.18 bits per heavy atom. The second-order valence-corrected chi connectivity index (χ2v) is 6.65. The number of benzene rings is 1. The first-order valence-electron chi connectivity index (χ1n) is 6.08. The second kappa shape index (κ2) is 5.85. The molecular weight excluding hydrogens is 344 g/mol. The first-order valence-corrected chi connectivity index (χ1v) is 7.79. The fourth-order valence-corrected chi connectivity index (χ4v) is 3.84. The van der Waals surface area contributed by atoms with Crippen LogP contribution >= 0.6 is 31.9 Å². The molecule has 1 heterocycles. The zero-order valence-corrected chi connectivity index (χ0v) is 13.5. The highest BCUT2D eigenvalue weighted by Gasteiger charge is 2.24. The molecule has 0 radical (unpaired) electrons. The van der Waals surface area contributed by atoms with Crippen LogP contribution in [0, 0.1) is 19.8 Å². The van der Waals surface area contributed by atoms with Crippen LogP contribution in [0.5, 0.6) is 0 Å². The van der Waals surface area contributed by atoms with E-state index in [1.807, 2.05) is 0 Å². The van der Waals surface area contributed by atoms with Gasteiger partial charge in [0.05, 0.1) is 0 Å². The SMILES string of the molecule is Cc1cc(C(Br)C2CCOCC2)c(C)cc1Br. The van der Waals surface area contributed by atoms with Crippen LogP contribution in [-0.2, 0) is 4.74 Å². The molecular formula is C14H18Br2O. The highest BCUT2D eigenvalue weighted by Crippen LogP contribution is 2.39. The van der Waals surface area contributed by atoms with Crippen LogP contribution in [0.2, 0.25) is 0 Å². The number of rotatable bonds is 2. The maximum Gasteiger partial charge on any atom is 0.0469 e. The van der Waals surface area contributed by atoms with Gasteiger partial charge in [0.25, 0.3) is 0 Å². The van der Waals surface area contributed by atoms with Crippen molar-refractivity contribution in [3.05, 3.63) is 33.3 Å². The van der Waals surface area contributed by atoms with Gasteiger partial charge < -0.3 is 4.74 Å². The fourth-order valence-electron chi connectivity index (χ4n) is 2.36. The summed E-state index contributed by atoms with van der Waals surface area (Å²) in [6.07, 6.45) is 2.31. The van der Waals surface area contributed by atoms with E-state index in [0.29, 0.717) is 10.7 Å². The summed E-state index contributed by atoms with van der Waals surface area (Å²) in [5.74, 6) is 0.697. The van der Waals surface area contributed by atoms with Crippen LogP contribution in [0.15, 0.2) is 16.6 Å². The molecule has 0 N–H and O–H groups in total. The van der Waals surface area contributed by atoms with Gasteiger partial charge in [-0.25, -0.2) is 0 Å². The summed E-state index contributed by atoms with van der Waals surface area (Å²) < 4.78 is 6.63. The van der Waals surface area contributed by atoms with Crippen molar-refractivity contribution in [2.24, 2.45) is 5.92 Å². The second-order valence-electron chi connectivity index (χ2n) is 4.81. The molecule has 1 unspecified atom stereocenters. The Balaban J connectivity index is 2.23. The van der Waals surface area contributed by atoms with E-state index in [2.05, 4.69) is 57.8 Å². The minimum Gasteiger partial charge on any atom is -0.381 e. The van der Waals surface area contributed by atoms with E-state index in [1.165, 1.54) is 21.2 Å². The molecule has 3 heteroatoms. The smallest absolute Gasteiger partial charge is 0.0469 e. The Kier molecular flexibility index (Phi) is 4.67. The minimum absolute atomic E-state index is 0.457. The third kappa shape index (κ3) is 3.12. The monoisotopic (exact) mass is 360 g/mol. The predicted octanol–water partition coefficient (Wildman–Crippen LogP) is 4.93. The van der Waals surface area contributed by atoms with Crippen molar-refractivity contribution < 1.29 is 4.74 Å². The molecule has 1 saturated heterocycles. The molecule has 0 spiro atoms. The maximum atomic E-state index is 5.43. The van der Waals surface area contributed by atoms with Gasteiger partial charge in [-0.3, -0.25) is 0 Å². The van der Waals surface area contributed by atoms with Gasteiger partial charge in [-0.05, 0) is 55.4 Å². The summed E-state index contributed by atoms with van der Waals surface area (Å²) in [4.78, 5) is 0.457. The lowest BCUT2D eigenvalue weighted by Crippen LogP contribution is -2.19. The lowest BCUT2D eigenvalue weighted by Gasteiger charge is -2.28. The van der Waals surface area contributed by atoms with E-state index >= 15 is 0 Å². The third-order valence-corrected chi connectivity index (χ3v) is 5.62. The molecule has 1 aliphatic heterocycles. The highest BCUT2D eigenvalue weighted by atomic mass is 79.9. The van der Waals surface area contributed by atoms with E-state index in [-0.39, 0.29) is 0 Å². The van der Waals surface area contributed by atoms with E-state index < -0.39 is 0 Å². The first kappa shape index (κ1) is 13.6. The standard InChI is InChI=1S/C14H18Br2O/c1-9-8-13(15)10(2)7-12(9)14(16)11-3-5-17-6-4-11/h7-8,11,14H,3-6H2,1-2H3. The molecule has 17 heavy (non-hydrogen) atoms. The predicted molar refractivity (Wildman–Crippen MR) is 78.8 cm³/mol. The summed E-state index contributed by atoms with van der Waals surface area (Å²) in [5.41, 5.74) is 4.09. The van der Waals surface area contributed by atoms with E-state index in [9.17, 15) is 0 Å². The van der Waals surface area contributed by atoms with Crippen LogP contribution in [0.1, 0.15) is 34.4 Å². The lowest BCUT2D eigenvalue weighted by atomic mass is 9.89. The van der Waals surface area contributed by atoms with Gasteiger partial charge in [-0.1, -0.05) is 37.9 Å². The molecule has 1 aromatic carbocycles. The van der Waals surface area contributed by atoms with Crippen molar-refractivity contribution in [3.8, 4) is 0 Å². The number of hydrogen-bond donors (Lipinski definition) is 0. The summed E-state index contributed by atoms with van der Waals surface area (Å²) in [5, 5.41) is 0. The van der Waals surface area contributed by atoms with Crippen LogP contribution in [-0.4, -0.2) is 13.2 Å². The van der Waals surface area contributed by atoms with E-state index in [1.54, 1.807) is 0 Å². The summed E-state index contributed by atoms with van der Waals surface area (Å²) in [6, 6.07) is 4.52. The zero-order chi connectivity index (χ0) is 12.4. The Morgan fingerprint density at radius 3 is 2.47 bits per heavy atom. The number of hydrogen-bond acceptors (Lipinski definition) is 1. The topological polar surface area (TPSA) is 9.23 Å². The molecule has 1 aromatic rings. The van der Waals surface area contributed by atoms with Gasteiger partial charge in [-0.15, -0.1) is 0 Å². The zero-order valence-electron chi connectivity index (χ0n) is 10.3. The molecule has 1 atom stereocenters. The average molecular weight is 362 g/mol.